The molecule has 2 fully saturated rings. The van der Waals surface area contributed by atoms with Crippen LogP contribution in [0, 0.1) is 17.5 Å². The number of pyridine rings is 1. The molecule has 2 N–H and O–H groups in total. The van der Waals surface area contributed by atoms with Gasteiger partial charge < -0.3 is 19.9 Å². The van der Waals surface area contributed by atoms with Gasteiger partial charge >= 0.3 is 5.97 Å². The fraction of sp³-hybridized carbons (Fsp3) is 0.412. The third kappa shape index (κ3) is 2.45. The number of rotatable bonds is 3. The monoisotopic (exact) mass is 367 g/mol. The molecule has 2 heterocycles. The van der Waals surface area contributed by atoms with Crippen LogP contribution in [0.3, 0.4) is 0 Å². The van der Waals surface area contributed by atoms with Gasteiger partial charge in [-0.25, -0.2) is 18.0 Å². The number of halogens is 3. The lowest BCUT2D eigenvalue weighted by Gasteiger charge is -2.30. The van der Waals surface area contributed by atoms with Crippen molar-refractivity contribution < 1.29 is 23.1 Å². The molecule has 1 saturated heterocycles. The summed E-state index contributed by atoms with van der Waals surface area (Å²) in [7, 11) is 0. The number of hydrogen-bond acceptors (Lipinski definition) is 4. The highest BCUT2D eigenvalue weighted by molar-refractivity contribution is 5.94. The Balaban J connectivity index is 2.09. The van der Waals surface area contributed by atoms with Gasteiger partial charge in [0.1, 0.15) is 11.3 Å². The topological polar surface area (TPSA) is 74.6 Å². The number of nitrogens with zero attached hydrogens (tertiary/aromatic N) is 2. The number of fused-ring (bicyclic) bond motifs is 1. The second-order valence-electron chi connectivity index (χ2n) is 6.57. The van der Waals surface area contributed by atoms with Gasteiger partial charge in [0.15, 0.2) is 17.5 Å². The van der Waals surface area contributed by atoms with Gasteiger partial charge in [-0.15, -0.1) is 0 Å². The van der Waals surface area contributed by atoms with Crippen molar-refractivity contribution in [2.45, 2.75) is 18.9 Å². The lowest BCUT2D eigenvalue weighted by Crippen LogP contribution is -2.44. The van der Waals surface area contributed by atoms with Crippen molar-refractivity contribution in [3.63, 3.8) is 0 Å². The molecule has 4 rings (SSSR count). The van der Waals surface area contributed by atoms with Crippen molar-refractivity contribution in [1.29, 1.82) is 0 Å². The van der Waals surface area contributed by atoms with E-state index in [-0.39, 0.29) is 11.6 Å². The molecule has 1 aliphatic heterocycles. The molecule has 9 heteroatoms. The van der Waals surface area contributed by atoms with Crippen LogP contribution in [0.25, 0.3) is 10.9 Å². The van der Waals surface area contributed by atoms with E-state index in [1.54, 1.807) is 0 Å². The smallest absolute Gasteiger partial charge is 0.341 e. The Morgan fingerprint density at radius 3 is 2.35 bits per heavy atom. The van der Waals surface area contributed by atoms with Crippen LogP contribution in [-0.2, 0) is 0 Å². The zero-order valence-electron chi connectivity index (χ0n) is 13.7. The predicted octanol–water partition coefficient (Wildman–Crippen LogP) is 1.86. The first-order chi connectivity index (χ1) is 12.4. The molecule has 0 amide bonds. The summed E-state index contributed by atoms with van der Waals surface area (Å²) in [5.74, 6) is -5.55. The van der Waals surface area contributed by atoms with Crippen LogP contribution < -0.4 is 15.6 Å². The Hall–Kier alpha value is -2.55. The van der Waals surface area contributed by atoms with E-state index in [0.717, 1.165) is 6.20 Å². The normalized spacial score (nSPS) is 17.7. The van der Waals surface area contributed by atoms with Gasteiger partial charge in [0, 0.05) is 38.4 Å². The first kappa shape index (κ1) is 16.9. The average molecular weight is 367 g/mol. The maximum Gasteiger partial charge on any atom is 0.341 e. The van der Waals surface area contributed by atoms with Crippen molar-refractivity contribution in [2.75, 3.05) is 31.1 Å². The van der Waals surface area contributed by atoms with Crippen molar-refractivity contribution in [1.82, 2.24) is 9.88 Å². The fourth-order valence-electron chi connectivity index (χ4n) is 3.44. The number of aromatic nitrogens is 1. The molecule has 1 aliphatic carbocycles. The summed E-state index contributed by atoms with van der Waals surface area (Å²) < 4.78 is 46.0. The summed E-state index contributed by atoms with van der Waals surface area (Å²) in [5.41, 5.74) is -2.79. The molecule has 2 aliphatic rings. The molecule has 1 aromatic carbocycles. The Bertz CT molecular complexity index is 979. The molecular formula is C17H16F3N3O3. The quantitative estimate of drug-likeness (QED) is 0.810. The van der Waals surface area contributed by atoms with Gasteiger partial charge in [-0.2, -0.15) is 0 Å². The van der Waals surface area contributed by atoms with Gasteiger partial charge in [-0.05, 0) is 12.8 Å². The zero-order chi connectivity index (χ0) is 18.6. The van der Waals surface area contributed by atoms with Gasteiger partial charge in [-0.3, -0.25) is 4.79 Å². The first-order valence-electron chi connectivity index (χ1n) is 8.36. The number of carboxylic acid groups (broad SMARTS) is 1. The fourth-order valence-corrected chi connectivity index (χ4v) is 3.44. The number of carbonyl (C=O) groups is 1. The third-order valence-corrected chi connectivity index (χ3v) is 4.87. The molecule has 0 unspecified atom stereocenters. The molecule has 1 aromatic heterocycles. The lowest BCUT2D eigenvalue weighted by molar-refractivity contribution is 0.0695. The summed E-state index contributed by atoms with van der Waals surface area (Å²) in [6, 6.07) is -0.230. The summed E-state index contributed by atoms with van der Waals surface area (Å²) in [5, 5.41) is 11.4. The van der Waals surface area contributed by atoms with E-state index in [4.69, 9.17) is 0 Å². The number of anilines is 1. The number of carboxylic acids is 1. The van der Waals surface area contributed by atoms with Crippen molar-refractivity contribution in [3.8, 4) is 0 Å². The molecular weight excluding hydrogens is 351 g/mol. The van der Waals surface area contributed by atoms with Gasteiger partial charge in [0.25, 0.3) is 0 Å². The number of benzene rings is 1. The zero-order valence-corrected chi connectivity index (χ0v) is 13.7. The summed E-state index contributed by atoms with van der Waals surface area (Å²) in [4.78, 5) is 25.1. The Morgan fingerprint density at radius 1 is 1.12 bits per heavy atom. The van der Waals surface area contributed by atoms with E-state index >= 15 is 4.39 Å². The maximum atomic E-state index is 15.3. The predicted molar refractivity (Wildman–Crippen MR) is 88.4 cm³/mol. The van der Waals surface area contributed by atoms with E-state index < -0.39 is 45.5 Å². The SMILES string of the molecule is O=C(O)c1cn(C2CC2)c2c(F)c(N3CCNCC3)c(F)c(F)c2c1=O. The largest absolute Gasteiger partial charge is 0.477 e. The molecule has 26 heavy (non-hydrogen) atoms. The van der Waals surface area contributed by atoms with E-state index in [2.05, 4.69) is 5.32 Å². The van der Waals surface area contributed by atoms with Crippen LogP contribution in [-0.4, -0.2) is 41.8 Å². The van der Waals surface area contributed by atoms with Crippen LogP contribution in [0.2, 0.25) is 0 Å². The van der Waals surface area contributed by atoms with Crippen LogP contribution in [0.5, 0.6) is 0 Å². The van der Waals surface area contributed by atoms with Gasteiger partial charge in [0.2, 0.25) is 5.43 Å². The van der Waals surface area contributed by atoms with E-state index in [0.29, 0.717) is 39.0 Å². The minimum atomic E-state index is -1.56. The van der Waals surface area contributed by atoms with Crippen molar-refractivity contribution in [2.24, 2.45) is 0 Å². The van der Waals surface area contributed by atoms with Crippen LogP contribution in [0.4, 0.5) is 18.9 Å². The van der Waals surface area contributed by atoms with Crippen molar-refractivity contribution >= 4 is 22.6 Å². The molecule has 0 bridgehead atoms. The average Bonchev–Trinajstić information content (AvgIpc) is 3.45. The lowest BCUT2D eigenvalue weighted by atomic mass is 10.1. The minimum absolute atomic E-state index is 0.230. The van der Waals surface area contributed by atoms with Crippen LogP contribution in [0.15, 0.2) is 11.0 Å². The second-order valence-corrected chi connectivity index (χ2v) is 6.57. The number of aromatic carboxylic acids is 1. The summed E-state index contributed by atoms with van der Waals surface area (Å²) >= 11 is 0. The summed E-state index contributed by atoms with van der Waals surface area (Å²) in [6.07, 6.45) is 2.34. The second kappa shape index (κ2) is 6.01. The Morgan fingerprint density at radius 2 is 1.77 bits per heavy atom. The van der Waals surface area contributed by atoms with Crippen LogP contribution >= 0.6 is 0 Å². The minimum Gasteiger partial charge on any atom is -0.477 e. The van der Waals surface area contributed by atoms with Gasteiger partial charge in [0.05, 0.1) is 10.9 Å². The van der Waals surface area contributed by atoms with E-state index in [1.165, 1.54) is 9.47 Å². The van der Waals surface area contributed by atoms with Crippen molar-refractivity contribution in [3.05, 3.63) is 39.4 Å². The Kier molecular flexibility index (Phi) is 3.91. The standard InChI is InChI=1S/C17H16F3N3O3/c18-11-10-14(13(20)15(12(11)19)22-5-3-21-4-6-22)23(8-1-2-8)7-9(16(10)24)17(25)26/h7-8,21H,1-6H2,(H,25,26). The highest BCUT2D eigenvalue weighted by Gasteiger charge is 2.33. The number of piperazine rings is 1. The molecule has 138 valence electrons. The molecule has 6 nitrogen and oxygen atoms in total. The molecule has 0 spiro atoms. The van der Waals surface area contributed by atoms with E-state index in [1.807, 2.05) is 0 Å². The molecule has 0 radical (unpaired) electrons. The van der Waals surface area contributed by atoms with Crippen LogP contribution in [0.1, 0.15) is 29.2 Å². The third-order valence-electron chi connectivity index (χ3n) is 4.87. The summed E-state index contributed by atoms with van der Waals surface area (Å²) in [6.45, 7) is 1.57. The van der Waals surface area contributed by atoms with Gasteiger partial charge in [-0.1, -0.05) is 0 Å². The maximum absolute atomic E-state index is 15.3. The highest BCUT2D eigenvalue weighted by Crippen LogP contribution is 2.40. The van der Waals surface area contributed by atoms with E-state index in [9.17, 15) is 23.5 Å². The Labute approximate surface area is 145 Å². The molecule has 0 atom stereocenters. The first-order valence-corrected chi connectivity index (χ1v) is 8.36. The number of hydrogen-bond donors (Lipinski definition) is 2. The molecule has 2 aromatic rings. The number of nitrogens with one attached hydrogen (secondary N) is 1. The molecule has 1 saturated carbocycles. The highest BCUT2D eigenvalue weighted by atomic mass is 19.2.